The molecule has 3 nitrogen and oxygen atoms in total. The molecule has 2 aliphatic rings. The van der Waals surface area contributed by atoms with Crippen LogP contribution in [0.3, 0.4) is 0 Å². The van der Waals surface area contributed by atoms with Gasteiger partial charge in [-0.1, -0.05) is 47.9 Å². The lowest BCUT2D eigenvalue weighted by molar-refractivity contribution is -0.536. The Morgan fingerprint density at radius 1 is 1.15 bits per heavy atom. The van der Waals surface area contributed by atoms with Crippen LogP contribution in [0.5, 0.6) is 0 Å². The summed E-state index contributed by atoms with van der Waals surface area (Å²) in [6.07, 6.45) is 5.24. The highest BCUT2D eigenvalue weighted by Gasteiger charge is 2.45. The van der Waals surface area contributed by atoms with Gasteiger partial charge in [-0.2, -0.15) is 0 Å². The first-order valence-electron chi connectivity index (χ1n) is 7.55. The van der Waals surface area contributed by atoms with Gasteiger partial charge in [0.1, 0.15) is 0 Å². The van der Waals surface area contributed by atoms with Gasteiger partial charge < -0.3 is 0 Å². The van der Waals surface area contributed by atoms with Gasteiger partial charge in [-0.25, -0.2) is 0 Å². The summed E-state index contributed by atoms with van der Waals surface area (Å²) in [6.45, 7) is 2.18. The second-order valence-electron chi connectivity index (χ2n) is 6.16. The fourth-order valence-electron chi connectivity index (χ4n) is 4.12. The summed E-state index contributed by atoms with van der Waals surface area (Å²) < 4.78 is 0. The van der Waals surface area contributed by atoms with E-state index in [9.17, 15) is 10.1 Å². The summed E-state index contributed by atoms with van der Waals surface area (Å²) >= 11 is 0. The number of allylic oxidation sites excluding steroid dienone is 1. The van der Waals surface area contributed by atoms with Crippen molar-refractivity contribution in [3.63, 3.8) is 0 Å². The molecule has 1 aromatic rings. The lowest BCUT2D eigenvalue weighted by Gasteiger charge is -2.38. The highest BCUT2D eigenvalue weighted by molar-refractivity contribution is 5.31. The van der Waals surface area contributed by atoms with Crippen LogP contribution >= 0.6 is 0 Å². The first-order chi connectivity index (χ1) is 9.68. The molecule has 0 aliphatic heterocycles. The predicted octanol–water partition coefficient (Wildman–Crippen LogP) is 4.33. The van der Waals surface area contributed by atoms with Crippen molar-refractivity contribution in [1.82, 2.24) is 0 Å². The molecule has 1 saturated carbocycles. The molecule has 20 heavy (non-hydrogen) atoms. The second-order valence-corrected chi connectivity index (χ2v) is 6.16. The largest absolute Gasteiger partial charge is 0.264 e. The van der Waals surface area contributed by atoms with Crippen LogP contribution in [-0.2, 0) is 0 Å². The molecule has 2 aliphatic carbocycles. The molecular formula is C17H21NO2. The highest BCUT2D eigenvalue weighted by atomic mass is 16.6. The summed E-state index contributed by atoms with van der Waals surface area (Å²) in [7, 11) is 0. The SMILES string of the molecule is CC1=C2CCCC[C@H]2[C@@H]([N+](=O)[O-])[C@H](c2ccccc2)C1. The number of rotatable bonds is 2. The number of hydrogen-bond donors (Lipinski definition) is 0. The van der Waals surface area contributed by atoms with Crippen molar-refractivity contribution in [3.05, 3.63) is 57.2 Å². The van der Waals surface area contributed by atoms with E-state index in [0.717, 1.165) is 31.2 Å². The average molecular weight is 271 g/mol. The third kappa shape index (κ3) is 2.26. The predicted molar refractivity (Wildman–Crippen MR) is 79.2 cm³/mol. The number of fused-ring (bicyclic) bond motifs is 1. The van der Waals surface area contributed by atoms with Crippen LogP contribution < -0.4 is 0 Å². The van der Waals surface area contributed by atoms with E-state index in [-0.39, 0.29) is 16.8 Å². The molecule has 0 amide bonds. The van der Waals surface area contributed by atoms with Crippen LogP contribution in [0.2, 0.25) is 0 Å². The van der Waals surface area contributed by atoms with Gasteiger partial charge in [-0.15, -0.1) is 0 Å². The lowest BCUT2D eigenvalue weighted by Crippen LogP contribution is -2.40. The zero-order valence-corrected chi connectivity index (χ0v) is 11.9. The Labute approximate surface area is 119 Å². The Bertz CT molecular complexity index is 535. The van der Waals surface area contributed by atoms with Crippen LogP contribution in [0, 0.1) is 16.0 Å². The molecule has 1 aromatic carbocycles. The first kappa shape index (κ1) is 13.3. The van der Waals surface area contributed by atoms with E-state index in [4.69, 9.17) is 0 Å². The van der Waals surface area contributed by atoms with Crippen molar-refractivity contribution in [3.8, 4) is 0 Å². The maximum absolute atomic E-state index is 11.7. The van der Waals surface area contributed by atoms with Crippen molar-refractivity contribution < 1.29 is 4.92 Å². The minimum Gasteiger partial charge on any atom is -0.264 e. The quantitative estimate of drug-likeness (QED) is 0.456. The molecule has 3 heteroatoms. The fraction of sp³-hybridized carbons (Fsp3) is 0.529. The average Bonchev–Trinajstić information content (AvgIpc) is 2.47. The molecule has 0 saturated heterocycles. The summed E-state index contributed by atoms with van der Waals surface area (Å²) in [5.41, 5.74) is 3.92. The number of nitro groups is 1. The summed E-state index contributed by atoms with van der Waals surface area (Å²) in [4.78, 5) is 11.7. The molecule has 0 unspecified atom stereocenters. The summed E-state index contributed by atoms with van der Waals surface area (Å²) in [5.74, 6) is 0.204. The standard InChI is InChI=1S/C17H21NO2/c1-12-11-16(13-7-3-2-4-8-13)17(18(19)20)15-10-6-5-9-14(12)15/h2-4,7-8,15-17H,5-6,9-11H2,1H3/t15-,16+,17-/m1/s1. The molecule has 3 atom stereocenters. The van der Waals surface area contributed by atoms with Gasteiger partial charge in [0.25, 0.3) is 0 Å². The lowest BCUT2D eigenvalue weighted by atomic mass is 9.66. The van der Waals surface area contributed by atoms with Gasteiger partial charge in [0.05, 0.1) is 5.92 Å². The smallest absolute Gasteiger partial charge is 0.226 e. The third-order valence-electron chi connectivity index (χ3n) is 5.03. The van der Waals surface area contributed by atoms with Gasteiger partial charge in [0.15, 0.2) is 0 Å². The van der Waals surface area contributed by atoms with E-state index in [2.05, 4.69) is 6.92 Å². The van der Waals surface area contributed by atoms with E-state index in [1.807, 2.05) is 30.3 Å². The van der Waals surface area contributed by atoms with Gasteiger partial charge in [-0.3, -0.25) is 10.1 Å². The van der Waals surface area contributed by atoms with Crippen LogP contribution in [-0.4, -0.2) is 11.0 Å². The van der Waals surface area contributed by atoms with Gasteiger partial charge in [0, 0.05) is 10.8 Å². The van der Waals surface area contributed by atoms with Crippen molar-refractivity contribution in [2.24, 2.45) is 5.92 Å². The Morgan fingerprint density at radius 2 is 1.90 bits per heavy atom. The van der Waals surface area contributed by atoms with E-state index in [0.29, 0.717) is 0 Å². The molecular weight excluding hydrogens is 250 g/mol. The summed E-state index contributed by atoms with van der Waals surface area (Å²) in [5, 5.41) is 11.7. The second kappa shape index (κ2) is 5.39. The Morgan fingerprint density at radius 3 is 2.60 bits per heavy atom. The minimum absolute atomic E-state index is 0.0138. The Kier molecular flexibility index (Phi) is 3.60. The van der Waals surface area contributed by atoms with E-state index in [1.54, 1.807) is 0 Å². The topological polar surface area (TPSA) is 43.1 Å². The number of nitrogens with zero attached hydrogens (tertiary/aromatic N) is 1. The van der Waals surface area contributed by atoms with Crippen molar-refractivity contribution in [2.75, 3.05) is 0 Å². The maximum Gasteiger partial charge on any atom is 0.226 e. The van der Waals surface area contributed by atoms with Crippen LogP contribution in [0.1, 0.15) is 50.5 Å². The molecule has 0 spiro atoms. The molecule has 1 fully saturated rings. The zero-order valence-electron chi connectivity index (χ0n) is 11.9. The molecule has 0 heterocycles. The molecule has 3 rings (SSSR count). The molecule has 0 aromatic heterocycles. The van der Waals surface area contributed by atoms with E-state index in [1.165, 1.54) is 17.6 Å². The molecule has 0 radical (unpaired) electrons. The van der Waals surface area contributed by atoms with Gasteiger partial charge in [0.2, 0.25) is 6.04 Å². The molecule has 106 valence electrons. The van der Waals surface area contributed by atoms with E-state index >= 15 is 0 Å². The number of hydrogen-bond acceptors (Lipinski definition) is 2. The van der Waals surface area contributed by atoms with Crippen LogP contribution in [0.4, 0.5) is 0 Å². The first-order valence-corrected chi connectivity index (χ1v) is 7.55. The number of benzene rings is 1. The minimum atomic E-state index is -0.434. The van der Waals surface area contributed by atoms with Crippen LogP contribution in [0.25, 0.3) is 0 Å². The van der Waals surface area contributed by atoms with Crippen molar-refractivity contribution in [2.45, 2.75) is 51.0 Å². The Balaban J connectivity index is 2.02. The van der Waals surface area contributed by atoms with Gasteiger partial charge in [-0.05, 0) is 38.2 Å². The Hall–Kier alpha value is -1.64. The molecule has 0 N–H and O–H groups in total. The van der Waals surface area contributed by atoms with E-state index < -0.39 is 6.04 Å². The third-order valence-corrected chi connectivity index (χ3v) is 5.03. The highest BCUT2D eigenvalue weighted by Crippen LogP contribution is 2.46. The van der Waals surface area contributed by atoms with Crippen LogP contribution in [0.15, 0.2) is 41.5 Å². The van der Waals surface area contributed by atoms with Crippen molar-refractivity contribution in [1.29, 1.82) is 0 Å². The fourth-order valence-corrected chi connectivity index (χ4v) is 4.12. The zero-order chi connectivity index (χ0) is 14.1. The molecule has 0 bridgehead atoms. The van der Waals surface area contributed by atoms with Crippen molar-refractivity contribution >= 4 is 0 Å². The maximum atomic E-state index is 11.7. The van der Waals surface area contributed by atoms with Gasteiger partial charge >= 0.3 is 0 Å². The normalized spacial score (nSPS) is 29.9. The monoisotopic (exact) mass is 271 g/mol. The summed E-state index contributed by atoms with van der Waals surface area (Å²) in [6, 6.07) is 9.60.